The molecule has 1 heterocycles. The van der Waals surface area contributed by atoms with E-state index in [1.807, 2.05) is 18.5 Å². The van der Waals surface area contributed by atoms with Crippen LogP contribution >= 0.6 is 0 Å². The van der Waals surface area contributed by atoms with Crippen molar-refractivity contribution in [2.45, 2.75) is 51.2 Å². The zero-order valence-corrected chi connectivity index (χ0v) is 10.7. The second-order valence-corrected chi connectivity index (χ2v) is 4.99. The Morgan fingerprint density at radius 2 is 2.12 bits per heavy atom. The molecule has 1 aliphatic carbocycles. The van der Waals surface area contributed by atoms with Gasteiger partial charge in [-0.1, -0.05) is 13.0 Å². The van der Waals surface area contributed by atoms with Crippen molar-refractivity contribution in [2.75, 3.05) is 6.54 Å². The largest absolute Gasteiger partial charge is 0.328 e. The Morgan fingerprint density at radius 1 is 1.35 bits per heavy atom. The molecule has 0 radical (unpaired) electrons. The molecule has 0 aromatic carbocycles. The van der Waals surface area contributed by atoms with Crippen molar-refractivity contribution in [3.8, 4) is 0 Å². The summed E-state index contributed by atoms with van der Waals surface area (Å²) in [7, 11) is 0. The van der Waals surface area contributed by atoms with Crippen LogP contribution < -0.4 is 5.73 Å². The van der Waals surface area contributed by atoms with Gasteiger partial charge < -0.3 is 5.73 Å². The summed E-state index contributed by atoms with van der Waals surface area (Å²) < 4.78 is 0. The second-order valence-electron chi connectivity index (χ2n) is 4.99. The van der Waals surface area contributed by atoms with Crippen LogP contribution in [0.1, 0.15) is 38.2 Å². The highest BCUT2D eigenvalue weighted by Crippen LogP contribution is 2.23. The van der Waals surface area contributed by atoms with Gasteiger partial charge in [-0.25, -0.2) is 0 Å². The summed E-state index contributed by atoms with van der Waals surface area (Å²) in [6.07, 6.45) is 8.64. The van der Waals surface area contributed by atoms with Gasteiger partial charge in [-0.2, -0.15) is 0 Å². The molecule has 1 aliphatic rings. The Kier molecular flexibility index (Phi) is 4.51. The van der Waals surface area contributed by atoms with Gasteiger partial charge in [0.2, 0.25) is 0 Å². The SMILES string of the molecule is CCN(Cc1cccnc1)C1CCC(N)CC1. The Morgan fingerprint density at radius 3 is 2.71 bits per heavy atom. The molecule has 1 fully saturated rings. The van der Waals surface area contributed by atoms with Crippen LogP contribution in [-0.2, 0) is 6.54 Å². The van der Waals surface area contributed by atoms with Crippen molar-refractivity contribution in [1.82, 2.24) is 9.88 Å². The molecule has 94 valence electrons. The Balaban J connectivity index is 1.92. The molecule has 2 N–H and O–H groups in total. The molecule has 0 amide bonds. The van der Waals surface area contributed by atoms with Crippen molar-refractivity contribution >= 4 is 0 Å². The predicted molar refractivity (Wildman–Crippen MR) is 70.6 cm³/mol. The van der Waals surface area contributed by atoms with E-state index in [0.29, 0.717) is 12.1 Å². The molecule has 0 saturated heterocycles. The maximum atomic E-state index is 5.96. The van der Waals surface area contributed by atoms with Gasteiger partial charge in [0.15, 0.2) is 0 Å². The van der Waals surface area contributed by atoms with Gasteiger partial charge in [0.05, 0.1) is 0 Å². The lowest BCUT2D eigenvalue weighted by molar-refractivity contribution is 0.149. The maximum Gasteiger partial charge on any atom is 0.0312 e. The normalized spacial score (nSPS) is 25.1. The molecule has 0 atom stereocenters. The Hall–Kier alpha value is -0.930. The number of aromatic nitrogens is 1. The zero-order chi connectivity index (χ0) is 12.1. The maximum absolute atomic E-state index is 5.96. The van der Waals surface area contributed by atoms with Crippen molar-refractivity contribution in [3.05, 3.63) is 30.1 Å². The fourth-order valence-electron chi connectivity index (χ4n) is 2.69. The van der Waals surface area contributed by atoms with Gasteiger partial charge in [0, 0.05) is 31.0 Å². The highest BCUT2D eigenvalue weighted by Gasteiger charge is 2.23. The van der Waals surface area contributed by atoms with Crippen molar-refractivity contribution < 1.29 is 0 Å². The van der Waals surface area contributed by atoms with Crippen molar-refractivity contribution in [2.24, 2.45) is 5.73 Å². The summed E-state index contributed by atoms with van der Waals surface area (Å²) in [6.45, 7) is 4.37. The number of rotatable bonds is 4. The topological polar surface area (TPSA) is 42.2 Å². The molecule has 1 aromatic rings. The van der Waals surface area contributed by atoms with Gasteiger partial charge in [-0.05, 0) is 43.9 Å². The predicted octanol–water partition coefficient (Wildman–Crippen LogP) is 2.17. The molecule has 3 nitrogen and oxygen atoms in total. The fourth-order valence-corrected chi connectivity index (χ4v) is 2.69. The number of nitrogens with zero attached hydrogens (tertiary/aromatic N) is 2. The minimum absolute atomic E-state index is 0.434. The first kappa shape index (κ1) is 12.5. The van der Waals surface area contributed by atoms with E-state index in [2.05, 4.69) is 22.9 Å². The van der Waals surface area contributed by atoms with Gasteiger partial charge in [-0.3, -0.25) is 9.88 Å². The second kappa shape index (κ2) is 6.12. The van der Waals surface area contributed by atoms with E-state index in [4.69, 9.17) is 5.73 Å². The fraction of sp³-hybridized carbons (Fsp3) is 0.643. The van der Waals surface area contributed by atoms with E-state index in [1.54, 1.807) is 0 Å². The average Bonchev–Trinajstić information content (AvgIpc) is 2.38. The first-order valence-electron chi connectivity index (χ1n) is 6.68. The van der Waals surface area contributed by atoms with Crippen LogP contribution in [0.15, 0.2) is 24.5 Å². The molecular formula is C14H23N3. The zero-order valence-electron chi connectivity index (χ0n) is 10.7. The van der Waals surface area contributed by atoms with Crippen LogP contribution in [0, 0.1) is 0 Å². The number of nitrogens with two attached hydrogens (primary N) is 1. The summed E-state index contributed by atoms with van der Waals surface area (Å²) >= 11 is 0. The lowest BCUT2D eigenvalue weighted by Crippen LogP contribution is -2.40. The molecule has 0 bridgehead atoms. The minimum atomic E-state index is 0.434. The summed E-state index contributed by atoms with van der Waals surface area (Å²) in [5, 5.41) is 0. The first-order chi connectivity index (χ1) is 8.29. The third-order valence-electron chi connectivity index (χ3n) is 3.77. The van der Waals surface area contributed by atoms with E-state index >= 15 is 0 Å². The van der Waals surface area contributed by atoms with E-state index in [1.165, 1.54) is 31.2 Å². The quantitative estimate of drug-likeness (QED) is 0.866. The van der Waals surface area contributed by atoms with Crippen LogP contribution in [0.5, 0.6) is 0 Å². The molecule has 1 aromatic heterocycles. The summed E-state index contributed by atoms with van der Waals surface area (Å²) in [6, 6.07) is 5.31. The Labute approximate surface area is 104 Å². The number of hydrogen-bond acceptors (Lipinski definition) is 3. The lowest BCUT2D eigenvalue weighted by Gasteiger charge is -2.35. The molecule has 0 unspecified atom stereocenters. The first-order valence-corrected chi connectivity index (χ1v) is 6.68. The van der Waals surface area contributed by atoms with Crippen LogP contribution in [-0.4, -0.2) is 28.5 Å². The molecule has 1 saturated carbocycles. The standard InChI is InChI=1S/C14H23N3/c1-2-17(11-12-4-3-9-16-10-12)14-7-5-13(15)6-8-14/h3-4,9-10,13-14H,2,5-8,11,15H2,1H3. The van der Waals surface area contributed by atoms with Crippen LogP contribution in [0.4, 0.5) is 0 Å². The molecule has 0 aliphatic heterocycles. The molecule has 0 spiro atoms. The molecule has 17 heavy (non-hydrogen) atoms. The van der Waals surface area contributed by atoms with Crippen molar-refractivity contribution in [3.63, 3.8) is 0 Å². The molecule has 2 rings (SSSR count). The highest BCUT2D eigenvalue weighted by atomic mass is 15.1. The third-order valence-corrected chi connectivity index (χ3v) is 3.77. The Bertz CT molecular complexity index is 317. The smallest absolute Gasteiger partial charge is 0.0312 e. The van der Waals surface area contributed by atoms with Gasteiger partial charge in [0.1, 0.15) is 0 Å². The van der Waals surface area contributed by atoms with Crippen LogP contribution in [0.3, 0.4) is 0 Å². The average molecular weight is 233 g/mol. The van der Waals surface area contributed by atoms with Gasteiger partial charge in [-0.15, -0.1) is 0 Å². The third kappa shape index (κ3) is 3.51. The minimum Gasteiger partial charge on any atom is -0.328 e. The summed E-state index contributed by atoms with van der Waals surface area (Å²) in [5.74, 6) is 0. The summed E-state index contributed by atoms with van der Waals surface area (Å²) in [5.41, 5.74) is 7.27. The van der Waals surface area contributed by atoms with E-state index in [-0.39, 0.29) is 0 Å². The van der Waals surface area contributed by atoms with Gasteiger partial charge >= 0.3 is 0 Å². The van der Waals surface area contributed by atoms with E-state index < -0.39 is 0 Å². The number of pyridine rings is 1. The lowest BCUT2D eigenvalue weighted by atomic mass is 9.90. The van der Waals surface area contributed by atoms with Crippen LogP contribution in [0.25, 0.3) is 0 Å². The molecular weight excluding hydrogens is 210 g/mol. The van der Waals surface area contributed by atoms with E-state index in [0.717, 1.165) is 13.1 Å². The van der Waals surface area contributed by atoms with Crippen LogP contribution in [0.2, 0.25) is 0 Å². The van der Waals surface area contributed by atoms with E-state index in [9.17, 15) is 0 Å². The molecule has 3 heteroatoms. The number of hydrogen-bond donors (Lipinski definition) is 1. The van der Waals surface area contributed by atoms with Crippen molar-refractivity contribution in [1.29, 1.82) is 0 Å². The summed E-state index contributed by atoms with van der Waals surface area (Å²) in [4.78, 5) is 6.74. The highest BCUT2D eigenvalue weighted by molar-refractivity contribution is 5.08. The monoisotopic (exact) mass is 233 g/mol. The van der Waals surface area contributed by atoms with Gasteiger partial charge in [0.25, 0.3) is 0 Å².